The molecule has 0 aromatic carbocycles. The first-order valence-electron chi connectivity index (χ1n) is 12.2. The van der Waals surface area contributed by atoms with E-state index in [0.717, 1.165) is 17.5 Å². The van der Waals surface area contributed by atoms with Gasteiger partial charge in [-0.25, -0.2) is 0 Å². The third kappa shape index (κ3) is 25.8. The van der Waals surface area contributed by atoms with E-state index < -0.39 is 6.10 Å². The van der Waals surface area contributed by atoms with E-state index in [0.29, 0.717) is 39.6 Å². The van der Waals surface area contributed by atoms with Gasteiger partial charge in [0.25, 0.3) is 0 Å². The van der Waals surface area contributed by atoms with Gasteiger partial charge in [0.15, 0.2) is 0 Å². The lowest BCUT2D eigenvalue weighted by molar-refractivity contribution is -0.873. The number of hydrogen-bond donors (Lipinski definition) is 1. The molecule has 29 heavy (non-hydrogen) atoms. The number of hydrogen-bond acceptors (Lipinski definition) is 4. The molecule has 1 atom stereocenters. The Bertz CT molecular complexity index is 320. The average Bonchev–Trinajstić information content (AvgIpc) is 2.65. The molecule has 0 aromatic rings. The molecule has 0 saturated heterocycles. The van der Waals surface area contributed by atoms with E-state index in [-0.39, 0.29) is 0 Å². The highest BCUT2D eigenvalue weighted by atomic mass is 16.5. The van der Waals surface area contributed by atoms with Crippen LogP contribution in [0.5, 0.6) is 0 Å². The van der Waals surface area contributed by atoms with Crippen molar-refractivity contribution >= 4 is 0 Å². The fraction of sp³-hybridized carbons (Fsp3) is 1.00. The Morgan fingerprint density at radius 2 is 1.00 bits per heavy atom. The summed E-state index contributed by atoms with van der Waals surface area (Å²) >= 11 is 0. The second kappa shape index (κ2) is 21.0. The molecule has 0 fully saturated rings. The predicted octanol–water partition coefficient (Wildman–Crippen LogP) is 4.80. The highest BCUT2D eigenvalue weighted by molar-refractivity contribution is 4.51. The SMILES string of the molecule is CCCCCCCCCCCCCCOCCOCCOCC(O)C[N+](C)(C)C. The predicted molar refractivity (Wildman–Crippen MR) is 122 cm³/mol. The van der Waals surface area contributed by atoms with Gasteiger partial charge in [-0.15, -0.1) is 0 Å². The summed E-state index contributed by atoms with van der Waals surface area (Å²) in [6, 6.07) is 0. The fourth-order valence-electron chi connectivity index (χ4n) is 3.39. The zero-order chi connectivity index (χ0) is 21.6. The summed E-state index contributed by atoms with van der Waals surface area (Å²) in [5.74, 6) is 0. The number of nitrogens with zero attached hydrogens (tertiary/aromatic N) is 1. The summed E-state index contributed by atoms with van der Waals surface area (Å²) in [6.45, 7) is 6.52. The van der Waals surface area contributed by atoms with Crippen LogP contribution in [-0.2, 0) is 14.2 Å². The maximum atomic E-state index is 9.83. The Morgan fingerprint density at radius 1 is 0.586 bits per heavy atom. The van der Waals surface area contributed by atoms with Crippen molar-refractivity contribution in [1.29, 1.82) is 0 Å². The molecule has 0 heterocycles. The third-order valence-electron chi connectivity index (χ3n) is 4.95. The van der Waals surface area contributed by atoms with Crippen LogP contribution in [0.1, 0.15) is 84.0 Å². The lowest BCUT2D eigenvalue weighted by Crippen LogP contribution is -2.43. The van der Waals surface area contributed by atoms with Gasteiger partial charge in [0.1, 0.15) is 12.6 Å². The zero-order valence-electron chi connectivity index (χ0n) is 20.1. The Labute approximate surface area is 181 Å². The van der Waals surface area contributed by atoms with E-state index in [1.165, 1.54) is 70.6 Å². The first-order valence-corrected chi connectivity index (χ1v) is 12.2. The first kappa shape index (κ1) is 28.8. The summed E-state index contributed by atoms with van der Waals surface area (Å²) in [5.41, 5.74) is 0. The van der Waals surface area contributed by atoms with Gasteiger partial charge in [-0.2, -0.15) is 0 Å². The first-order chi connectivity index (χ1) is 14.0. The van der Waals surface area contributed by atoms with Gasteiger partial charge in [-0.3, -0.25) is 0 Å². The average molecular weight is 419 g/mol. The van der Waals surface area contributed by atoms with Crippen LogP contribution in [0.3, 0.4) is 0 Å². The Balaban J connectivity index is 3.10. The van der Waals surface area contributed by atoms with Crippen molar-refractivity contribution in [3.63, 3.8) is 0 Å². The minimum Gasteiger partial charge on any atom is -0.385 e. The van der Waals surface area contributed by atoms with Crippen LogP contribution in [0.2, 0.25) is 0 Å². The molecule has 1 unspecified atom stereocenters. The maximum absolute atomic E-state index is 9.83. The van der Waals surface area contributed by atoms with Gasteiger partial charge < -0.3 is 23.8 Å². The topological polar surface area (TPSA) is 47.9 Å². The van der Waals surface area contributed by atoms with Gasteiger partial charge in [-0.05, 0) is 6.42 Å². The number of aliphatic hydroxyl groups excluding tert-OH is 1. The minimum atomic E-state index is -0.422. The van der Waals surface area contributed by atoms with E-state index >= 15 is 0 Å². The molecule has 0 aliphatic carbocycles. The zero-order valence-corrected chi connectivity index (χ0v) is 20.1. The van der Waals surface area contributed by atoms with E-state index in [2.05, 4.69) is 28.1 Å². The van der Waals surface area contributed by atoms with E-state index in [4.69, 9.17) is 14.2 Å². The van der Waals surface area contributed by atoms with Gasteiger partial charge >= 0.3 is 0 Å². The van der Waals surface area contributed by atoms with E-state index in [9.17, 15) is 5.11 Å². The fourth-order valence-corrected chi connectivity index (χ4v) is 3.39. The van der Waals surface area contributed by atoms with E-state index in [1.807, 2.05) is 0 Å². The molecule has 5 heteroatoms. The van der Waals surface area contributed by atoms with Gasteiger partial charge in [-0.1, -0.05) is 77.6 Å². The minimum absolute atomic E-state index is 0.369. The molecule has 0 aliphatic rings. The molecule has 5 nitrogen and oxygen atoms in total. The Morgan fingerprint density at radius 3 is 1.48 bits per heavy atom. The standard InChI is InChI=1S/C24H52NO4/c1-5-6-7-8-9-10-11-12-13-14-15-16-17-27-18-19-28-20-21-29-23-24(26)22-25(2,3)4/h24,26H,5-23H2,1-4H3/q+1. The molecule has 0 amide bonds. The van der Waals surface area contributed by atoms with Crippen molar-refractivity contribution in [2.45, 2.75) is 90.1 Å². The van der Waals surface area contributed by atoms with Crippen molar-refractivity contribution < 1.29 is 23.8 Å². The number of quaternary nitrogens is 1. The second-order valence-electron chi connectivity index (χ2n) is 9.32. The van der Waals surface area contributed by atoms with Crippen LogP contribution in [0.25, 0.3) is 0 Å². The molecule has 0 spiro atoms. The monoisotopic (exact) mass is 418 g/mol. The summed E-state index contributed by atoms with van der Waals surface area (Å²) < 4.78 is 17.3. The van der Waals surface area contributed by atoms with Crippen LogP contribution < -0.4 is 0 Å². The lowest BCUT2D eigenvalue weighted by Gasteiger charge is -2.26. The number of unbranched alkanes of at least 4 members (excludes halogenated alkanes) is 11. The number of rotatable bonds is 23. The van der Waals surface area contributed by atoms with Crippen LogP contribution >= 0.6 is 0 Å². The van der Waals surface area contributed by atoms with Crippen molar-refractivity contribution in [2.75, 3.05) is 67.3 Å². The quantitative estimate of drug-likeness (QED) is 0.191. The maximum Gasteiger partial charge on any atom is 0.126 e. The molecule has 1 N–H and O–H groups in total. The summed E-state index contributed by atoms with van der Waals surface area (Å²) in [4.78, 5) is 0. The largest absolute Gasteiger partial charge is 0.385 e. The Hall–Kier alpha value is -0.200. The number of ether oxygens (including phenoxy) is 3. The summed E-state index contributed by atoms with van der Waals surface area (Å²) in [6.07, 6.45) is 16.0. The van der Waals surface area contributed by atoms with Crippen molar-refractivity contribution in [3.8, 4) is 0 Å². The smallest absolute Gasteiger partial charge is 0.126 e. The summed E-state index contributed by atoms with van der Waals surface area (Å²) in [5, 5.41) is 9.83. The molecule has 0 saturated carbocycles. The Kier molecular flexibility index (Phi) is 20.9. The molecule has 0 aliphatic heterocycles. The van der Waals surface area contributed by atoms with E-state index in [1.54, 1.807) is 0 Å². The number of aliphatic hydroxyl groups is 1. The summed E-state index contributed by atoms with van der Waals surface area (Å²) in [7, 11) is 6.18. The molecule has 0 bridgehead atoms. The highest BCUT2D eigenvalue weighted by Crippen LogP contribution is 2.11. The van der Waals surface area contributed by atoms with Crippen LogP contribution in [0.4, 0.5) is 0 Å². The molecule has 0 rings (SSSR count). The van der Waals surface area contributed by atoms with Crippen LogP contribution in [0, 0.1) is 0 Å². The normalized spacial score (nSPS) is 13.1. The van der Waals surface area contributed by atoms with Crippen LogP contribution in [-0.4, -0.2) is 83.0 Å². The van der Waals surface area contributed by atoms with Crippen LogP contribution in [0.15, 0.2) is 0 Å². The van der Waals surface area contributed by atoms with Crippen molar-refractivity contribution in [3.05, 3.63) is 0 Å². The molecule has 0 aromatic heterocycles. The highest BCUT2D eigenvalue weighted by Gasteiger charge is 2.15. The van der Waals surface area contributed by atoms with Crippen molar-refractivity contribution in [2.24, 2.45) is 0 Å². The van der Waals surface area contributed by atoms with Crippen molar-refractivity contribution in [1.82, 2.24) is 0 Å². The molecular formula is C24H52NO4+. The van der Waals surface area contributed by atoms with Gasteiger partial charge in [0.2, 0.25) is 0 Å². The number of likely N-dealkylation sites (N-methyl/N-ethyl adjacent to an activating group) is 1. The third-order valence-corrected chi connectivity index (χ3v) is 4.95. The molecule has 0 radical (unpaired) electrons. The van der Waals surface area contributed by atoms with Gasteiger partial charge in [0, 0.05) is 6.61 Å². The lowest BCUT2D eigenvalue weighted by atomic mass is 10.1. The van der Waals surface area contributed by atoms with Gasteiger partial charge in [0.05, 0.1) is 54.2 Å². The molecular weight excluding hydrogens is 366 g/mol. The second-order valence-corrected chi connectivity index (χ2v) is 9.32. The molecule has 176 valence electrons.